The van der Waals surface area contributed by atoms with Crippen molar-refractivity contribution in [2.45, 2.75) is 12.3 Å². The molecule has 1 unspecified atom stereocenters. The van der Waals surface area contributed by atoms with Gasteiger partial charge < -0.3 is 13.9 Å². The maximum absolute atomic E-state index is 6.44. The standard InChI is InChI=1S/C63H41N5O/c1-5-19-40(20-6-1)50-35-44(63-65-61(42-23-9-3-10-24-42)64-62(66-63)43-33-34-49-48-29-15-18-32-58(48)69-59(49)37-43)36-51(41-21-7-2-8-22-41)60(50)68-55-31-17-14-28-47(55)53-38-56-52(39-57(53)68)46-27-13-16-30-54(46)67(56)45-25-11-4-12-26-45/h1-33,35-39,49H,34H2. The first-order valence-corrected chi connectivity index (χ1v) is 23.5. The molecule has 6 nitrogen and oxygen atoms in total. The van der Waals surface area contributed by atoms with Gasteiger partial charge in [-0.25, -0.2) is 15.0 Å². The van der Waals surface area contributed by atoms with Crippen LogP contribution in [-0.4, -0.2) is 24.1 Å². The molecule has 0 fully saturated rings. The van der Waals surface area contributed by atoms with Crippen LogP contribution in [0.1, 0.15) is 23.7 Å². The summed E-state index contributed by atoms with van der Waals surface area (Å²) in [5.41, 5.74) is 15.0. The summed E-state index contributed by atoms with van der Waals surface area (Å²) in [5.74, 6) is 3.82. The Kier molecular flexibility index (Phi) is 8.92. The molecule has 69 heavy (non-hydrogen) atoms. The molecule has 0 bridgehead atoms. The van der Waals surface area contributed by atoms with E-state index in [1.807, 2.05) is 30.3 Å². The van der Waals surface area contributed by atoms with Gasteiger partial charge in [-0.15, -0.1) is 0 Å². The summed E-state index contributed by atoms with van der Waals surface area (Å²) in [6.45, 7) is 0. The van der Waals surface area contributed by atoms with Gasteiger partial charge in [0, 0.05) is 66.5 Å². The van der Waals surface area contributed by atoms with E-state index < -0.39 is 0 Å². The van der Waals surface area contributed by atoms with Crippen LogP contribution >= 0.6 is 0 Å². The van der Waals surface area contributed by atoms with Crippen molar-refractivity contribution in [3.8, 4) is 62.2 Å². The highest BCUT2D eigenvalue weighted by atomic mass is 16.5. The molecule has 0 amide bonds. The fourth-order valence-electron chi connectivity index (χ4n) is 10.8. The first-order valence-electron chi connectivity index (χ1n) is 23.5. The van der Waals surface area contributed by atoms with Gasteiger partial charge in [-0.05, 0) is 78.2 Å². The molecule has 4 heterocycles. The van der Waals surface area contributed by atoms with Crippen LogP contribution in [-0.2, 0) is 0 Å². The SMILES string of the molecule is C1=C(c2nc(-c3ccccc3)nc(-c3cc(-c4ccccc4)c(-n4c5ccccc5c5cc6c(cc54)c4ccccc4n6-c4ccccc4)c(-c4ccccc4)c3)n2)C=C2Oc3ccccc3C2C1. The lowest BCUT2D eigenvalue weighted by molar-refractivity contribution is 0.426. The molecule has 1 aliphatic heterocycles. The van der Waals surface area contributed by atoms with E-state index in [2.05, 4.69) is 209 Å². The zero-order valence-corrected chi connectivity index (χ0v) is 37.4. The Morgan fingerprint density at radius 2 is 0.899 bits per heavy atom. The Morgan fingerprint density at radius 3 is 1.54 bits per heavy atom. The Balaban J connectivity index is 1.05. The van der Waals surface area contributed by atoms with E-state index in [-0.39, 0.29) is 5.92 Å². The van der Waals surface area contributed by atoms with Crippen LogP contribution in [0.3, 0.4) is 0 Å². The fraction of sp³-hybridized carbons (Fsp3) is 0.0317. The molecule has 1 aliphatic carbocycles. The second-order valence-corrected chi connectivity index (χ2v) is 17.9. The third-order valence-electron chi connectivity index (χ3n) is 13.9. The lowest BCUT2D eigenvalue weighted by atomic mass is 9.89. The van der Waals surface area contributed by atoms with Gasteiger partial charge in [-0.3, -0.25) is 0 Å². The predicted molar refractivity (Wildman–Crippen MR) is 281 cm³/mol. The quantitative estimate of drug-likeness (QED) is 0.160. The van der Waals surface area contributed by atoms with E-state index >= 15 is 0 Å². The van der Waals surface area contributed by atoms with Crippen molar-refractivity contribution in [2.24, 2.45) is 0 Å². The molecule has 2 aliphatic rings. The van der Waals surface area contributed by atoms with Gasteiger partial charge in [0.15, 0.2) is 17.5 Å². The molecule has 324 valence electrons. The summed E-state index contributed by atoms with van der Waals surface area (Å²) in [6, 6.07) is 77.7. The molecule has 0 saturated carbocycles. The van der Waals surface area contributed by atoms with Crippen LogP contribution in [0.25, 0.3) is 106 Å². The summed E-state index contributed by atoms with van der Waals surface area (Å²) in [5, 5.41) is 4.77. The normalized spacial score (nSPS) is 14.2. The lowest BCUT2D eigenvalue weighted by Gasteiger charge is -2.21. The van der Waals surface area contributed by atoms with Gasteiger partial charge in [0.2, 0.25) is 0 Å². The van der Waals surface area contributed by atoms with Crippen molar-refractivity contribution in [2.75, 3.05) is 0 Å². The highest BCUT2D eigenvalue weighted by molar-refractivity contribution is 6.19. The average molecular weight is 884 g/mol. The smallest absolute Gasteiger partial charge is 0.164 e. The first kappa shape index (κ1) is 39.1. The molecule has 0 saturated heterocycles. The Bertz CT molecular complexity index is 4000. The molecule has 9 aromatic carbocycles. The number of fused-ring (bicyclic) bond motifs is 9. The topological polar surface area (TPSA) is 57.8 Å². The van der Waals surface area contributed by atoms with Crippen molar-refractivity contribution in [3.63, 3.8) is 0 Å². The molecule has 6 heteroatoms. The third-order valence-corrected chi connectivity index (χ3v) is 13.9. The third kappa shape index (κ3) is 6.37. The van der Waals surface area contributed by atoms with Crippen LogP contribution < -0.4 is 4.74 Å². The van der Waals surface area contributed by atoms with Crippen LogP contribution in [0, 0.1) is 0 Å². The minimum absolute atomic E-state index is 0.175. The number of hydrogen-bond donors (Lipinski definition) is 0. The number of nitrogens with zero attached hydrogens (tertiary/aromatic N) is 5. The minimum atomic E-state index is 0.175. The van der Waals surface area contributed by atoms with Crippen molar-refractivity contribution in [1.29, 1.82) is 0 Å². The number of ether oxygens (including phenoxy) is 1. The number of aromatic nitrogens is 5. The van der Waals surface area contributed by atoms with Crippen molar-refractivity contribution < 1.29 is 4.74 Å². The largest absolute Gasteiger partial charge is 0.461 e. The van der Waals surface area contributed by atoms with E-state index in [0.717, 1.165) is 79.3 Å². The molecular weight excluding hydrogens is 843 g/mol. The highest BCUT2D eigenvalue weighted by Gasteiger charge is 2.32. The average Bonchev–Trinajstić information content (AvgIpc) is 4.07. The summed E-state index contributed by atoms with van der Waals surface area (Å²) >= 11 is 0. The van der Waals surface area contributed by atoms with Gasteiger partial charge in [-0.2, -0.15) is 0 Å². The molecule has 0 radical (unpaired) electrons. The van der Waals surface area contributed by atoms with Gasteiger partial charge >= 0.3 is 0 Å². The van der Waals surface area contributed by atoms with Gasteiger partial charge in [0.05, 0.1) is 27.8 Å². The number of benzene rings is 9. The zero-order valence-electron chi connectivity index (χ0n) is 37.4. The summed E-state index contributed by atoms with van der Waals surface area (Å²) in [4.78, 5) is 15.9. The number of rotatable bonds is 7. The molecule has 0 spiro atoms. The monoisotopic (exact) mass is 883 g/mol. The molecular formula is C63H41N5O. The van der Waals surface area contributed by atoms with Crippen molar-refractivity contribution >= 4 is 49.2 Å². The first-order chi connectivity index (χ1) is 34.2. The van der Waals surface area contributed by atoms with E-state index in [1.165, 1.54) is 38.1 Å². The van der Waals surface area contributed by atoms with Crippen LogP contribution in [0.2, 0.25) is 0 Å². The summed E-state index contributed by atoms with van der Waals surface area (Å²) < 4.78 is 11.3. The van der Waals surface area contributed by atoms with E-state index in [0.29, 0.717) is 17.5 Å². The lowest BCUT2D eigenvalue weighted by Crippen LogP contribution is -2.08. The summed E-state index contributed by atoms with van der Waals surface area (Å²) in [7, 11) is 0. The van der Waals surface area contributed by atoms with Crippen LogP contribution in [0.5, 0.6) is 5.75 Å². The maximum Gasteiger partial charge on any atom is 0.164 e. The Labute approximate surface area is 398 Å². The summed E-state index contributed by atoms with van der Waals surface area (Å²) in [6.07, 6.45) is 5.16. The highest BCUT2D eigenvalue weighted by Crippen LogP contribution is 2.48. The van der Waals surface area contributed by atoms with E-state index in [4.69, 9.17) is 19.7 Å². The molecule has 14 rings (SSSR count). The number of para-hydroxylation sites is 4. The van der Waals surface area contributed by atoms with Crippen molar-refractivity contribution in [1.82, 2.24) is 24.1 Å². The van der Waals surface area contributed by atoms with Crippen LogP contribution in [0.15, 0.2) is 236 Å². The molecule has 3 aromatic heterocycles. The van der Waals surface area contributed by atoms with Gasteiger partial charge in [-0.1, -0.05) is 170 Å². The fourth-order valence-corrected chi connectivity index (χ4v) is 10.8. The Hall–Kier alpha value is -9.13. The zero-order chi connectivity index (χ0) is 45.4. The predicted octanol–water partition coefficient (Wildman–Crippen LogP) is 15.6. The minimum Gasteiger partial charge on any atom is -0.461 e. The second-order valence-electron chi connectivity index (χ2n) is 17.9. The van der Waals surface area contributed by atoms with Gasteiger partial charge in [0.1, 0.15) is 11.5 Å². The maximum atomic E-state index is 6.44. The van der Waals surface area contributed by atoms with Crippen molar-refractivity contribution in [3.05, 3.63) is 248 Å². The van der Waals surface area contributed by atoms with E-state index in [9.17, 15) is 0 Å². The molecule has 1 atom stereocenters. The number of allylic oxidation sites excluding steroid dienone is 4. The number of hydrogen-bond acceptors (Lipinski definition) is 4. The van der Waals surface area contributed by atoms with E-state index in [1.54, 1.807) is 0 Å². The molecule has 0 N–H and O–H groups in total. The van der Waals surface area contributed by atoms with Crippen LogP contribution in [0.4, 0.5) is 0 Å². The van der Waals surface area contributed by atoms with Gasteiger partial charge in [0.25, 0.3) is 0 Å². The second kappa shape index (κ2) is 15.8. The molecule has 12 aromatic rings. The Morgan fingerprint density at radius 1 is 0.406 bits per heavy atom.